The molecule has 21 heavy (non-hydrogen) atoms. The van der Waals surface area contributed by atoms with Gasteiger partial charge in [-0.1, -0.05) is 13.8 Å². The standard InChI is InChI=1S/C15H21N3O3/c1-15(2)7-5-11(6-8-15)17-14(19)10-3-4-12(16)13(9-10)18(20)21/h3-4,9,11H,5-8,16H2,1-2H3,(H,17,19). The lowest BCUT2D eigenvalue weighted by molar-refractivity contribution is -0.383. The van der Waals surface area contributed by atoms with Crippen molar-refractivity contribution in [1.29, 1.82) is 0 Å². The maximum absolute atomic E-state index is 12.2. The molecule has 1 aromatic rings. The number of nitrogen functional groups attached to an aromatic ring is 1. The molecule has 6 nitrogen and oxygen atoms in total. The smallest absolute Gasteiger partial charge is 0.292 e. The van der Waals surface area contributed by atoms with Crippen molar-refractivity contribution in [2.75, 3.05) is 5.73 Å². The van der Waals surface area contributed by atoms with Gasteiger partial charge in [-0.05, 0) is 43.2 Å². The second-order valence-electron chi connectivity index (χ2n) is 6.44. The van der Waals surface area contributed by atoms with Gasteiger partial charge in [0.1, 0.15) is 5.69 Å². The molecule has 0 unspecified atom stereocenters. The van der Waals surface area contributed by atoms with E-state index in [0.29, 0.717) is 5.41 Å². The van der Waals surface area contributed by atoms with E-state index in [2.05, 4.69) is 19.2 Å². The highest BCUT2D eigenvalue weighted by Gasteiger charge is 2.28. The Labute approximate surface area is 123 Å². The Balaban J connectivity index is 2.04. The number of nitrogens with two attached hydrogens (primary N) is 1. The van der Waals surface area contributed by atoms with Gasteiger partial charge in [0.25, 0.3) is 11.6 Å². The van der Waals surface area contributed by atoms with Crippen LogP contribution in [-0.2, 0) is 0 Å². The third kappa shape index (κ3) is 3.71. The number of nitrogens with zero attached hydrogens (tertiary/aromatic N) is 1. The summed E-state index contributed by atoms with van der Waals surface area (Å²) in [6.07, 6.45) is 4.02. The van der Waals surface area contributed by atoms with E-state index in [1.165, 1.54) is 18.2 Å². The van der Waals surface area contributed by atoms with Crippen LogP contribution in [0.3, 0.4) is 0 Å². The molecule has 0 heterocycles. The number of rotatable bonds is 3. The molecule has 1 aliphatic carbocycles. The first-order valence-corrected chi connectivity index (χ1v) is 7.13. The highest BCUT2D eigenvalue weighted by Crippen LogP contribution is 2.35. The monoisotopic (exact) mass is 291 g/mol. The zero-order chi connectivity index (χ0) is 15.6. The van der Waals surface area contributed by atoms with Gasteiger partial charge < -0.3 is 11.1 Å². The largest absolute Gasteiger partial charge is 0.393 e. The molecule has 1 saturated carbocycles. The molecule has 0 bridgehead atoms. The summed E-state index contributed by atoms with van der Waals surface area (Å²) < 4.78 is 0. The minimum atomic E-state index is -0.574. The third-order valence-electron chi connectivity index (χ3n) is 4.16. The molecule has 114 valence electrons. The fraction of sp³-hybridized carbons (Fsp3) is 0.533. The number of anilines is 1. The molecular formula is C15H21N3O3. The number of nitrogens with one attached hydrogen (secondary N) is 1. The lowest BCUT2D eigenvalue weighted by atomic mass is 9.75. The number of amides is 1. The van der Waals surface area contributed by atoms with Gasteiger partial charge in [-0.25, -0.2) is 0 Å². The van der Waals surface area contributed by atoms with Crippen LogP contribution in [-0.4, -0.2) is 16.9 Å². The van der Waals surface area contributed by atoms with Crippen LogP contribution in [0.4, 0.5) is 11.4 Å². The quantitative estimate of drug-likeness (QED) is 0.508. The van der Waals surface area contributed by atoms with Crippen LogP contribution in [0.5, 0.6) is 0 Å². The van der Waals surface area contributed by atoms with Gasteiger partial charge in [0.2, 0.25) is 0 Å². The SMILES string of the molecule is CC1(C)CCC(NC(=O)c2ccc(N)c([N+](=O)[O-])c2)CC1. The van der Waals surface area contributed by atoms with Crippen molar-refractivity contribution in [3.63, 3.8) is 0 Å². The molecule has 0 spiro atoms. The molecule has 3 N–H and O–H groups in total. The van der Waals surface area contributed by atoms with Crippen LogP contribution in [0, 0.1) is 15.5 Å². The van der Waals surface area contributed by atoms with Gasteiger partial charge in [0.05, 0.1) is 4.92 Å². The summed E-state index contributed by atoms with van der Waals surface area (Å²) >= 11 is 0. The molecular weight excluding hydrogens is 270 g/mol. The van der Waals surface area contributed by atoms with Gasteiger partial charge in [-0.3, -0.25) is 14.9 Å². The Morgan fingerprint density at radius 3 is 2.57 bits per heavy atom. The number of nitro groups is 1. The van der Waals surface area contributed by atoms with E-state index in [1.807, 2.05) is 0 Å². The first-order valence-electron chi connectivity index (χ1n) is 7.13. The van der Waals surface area contributed by atoms with Crippen molar-refractivity contribution >= 4 is 17.3 Å². The zero-order valence-corrected chi connectivity index (χ0v) is 12.4. The molecule has 0 aromatic heterocycles. The molecule has 1 amide bonds. The molecule has 6 heteroatoms. The Bertz CT molecular complexity index is 559. The highest BCUT2D eigenvalue weighted by atomic mass is 16.6. The number of carbonyl (C=O) groups is 1. The maximum atomic E-state index is 12.2. The summed E-state index contributed by atoms with van der Waals surface area (Å²) in [6, 6.07) is 4.29. The summed E-state index contributed by atoms with van der Waals surface area (Å²) in [4.78, 5) is 22.5. The summed E-state index contributed by atoms with van der Waals surface area (Å²) in [5.74, 6) is -0.275. The van der Waals surface area contributed by atoms with Gasteiger partial charge in [-0.15, -0.1) is 0 Å². The van der Waals surface area contributed by atoms with Crippen molar-refractivity contribution in [2.45, 2.75) is 45.6 Å². The van der Waals surface area contributed by atoms with E-state index in [9.17, 15) is 14.9 Å². The number of nitro benzene ring substituents is 1. The molecule has 0 atom stereocenters. The van der Waals surface area contributed by atoms with Gasteiger partial charge in [0, 0.05) is 17.7 Å². The first kappa shape index (κ1) is 15.3. The molecule has 0 aliphatic heterocycles. The number of hydrogen-bond donors (Lipinski definition) is 2. The molecule has 0 saturated heterocycles. The summed E-state index contributed by atoms with van der Waals surface area (Å²) in [7, 11) is 0. The van der Waals surface area contributed by atoms with E-state index in [1.54, 1.807) is 0 Å². The maximum Gasteiger partial charge on any atom is 0.292 e. The lowest BCUT2D eigenvalue weighted by Gasteiger charge is -2.34. The summed E-state index contributed by atoms with van der Waals surface area (Å²) in [6.45, 7) is 4.46. The molecule has 1 aliphatic rings. The van der Waals surface area contributed by atoms with Crippen LogP contribution in [0.2, 0.25) is 0 Å². The van der Waals surface area contributed by atoms with Crippen LogP contribution in [0.15, 0.2) is 18.2 Å². The predicted octanol–water partition coefficient (Wildman–Crippen LogP) is 2.88. The Kier molecular flexibility index (Phi) is 4.16. The minimum Gasteiger partial charge on any atom is -0.393 e. The van der Waals surface area contributed by atoms with E-state index in [-0.39, 0.29) is 28.9 Å². The lowest BCUT2D eigenvalue weighted by Crippen LogP contribution is -2.39. The second-order valence-corrected chi connectivity index (χ2v) is 6.44. The Morgan fingerprint density at radius 1 is 1.38 bits per heavy atom. The van der Waals surface area contributed by atoms with Crippen LogP contribution >= 0.6 is 0 Å². The normalized spacial score (nSPS) is 18.2. The molecule has 2 rings (SSSR count). The predicted molar refractivity (Wildman–Crippen MR) is 81.0 cm³/mol. The van der Waals surface area contributed by atoms with Crippen molar-refractivity contribution in [3.05, 3.63) is 33.9 Å². The minimum absolute atomic E-state index is 0.0657. The van der Waals surface area contributed by atoms with Crippen molar-refractivity contribution in [2.24, 2.45) is 5.41 Å². The fourth-order valence-corrected chi connectivity index (χ4v) is 2.66. The highest BCUT2D eigenvalue weighted by molar-refractivity contribution is 5.95. The van der Waals surface area contributed by atoms with E-state index in [0.717, 1.165) is 25.7 Å². The van der Waals surface area contributed by atoms with Gasteiger partial charge >= 0.3 is 0 Å². The van der Waals surface area contributed by atoms with Gasteiger partial charge in [0.15, 0.2) is 0 Å². The van der Waals surface area contributed by atoms with E-state index in [4.69, 9.17) is 5.73 Å². The average Bonchev–Trinajstić information content (AvgIpc) is 2.41. The first-order chi connectivity index (χ1) is 9.78. The topological polar surface area (TPSA) is 98.3 Å². The number of carbonyl (C=O) groups excluding carboxylic acids is 1. The van der Waals surface area contributed by atoms with Crippen LogP contribution < -0.4 is 11.1 Å². The Morgan fingerprint density at radius 2 is 2.00 bits per heavy atom. The van der Waals surface area contributed by atoms with Crippen molar-refractivity contribution < 1.29 is 9.72 Å². The zero-order valence-electron chi connectivity index (χ0n) is 12.4. The summed E-state index contributed by atoms with van der Waals surface area (Å²) in [5.41, 5.74) is 5.98. The van der Waals surface area contributed by atoms with Crippen molar-refractivity contribution in [3.8, 4) is 0 Å². The number of benzene rings is 1. The number of hydrogen-bond acceptors (Lipinski definition) is 4. The van der Waals surface area contributed by atoms with Crippen molar-refractivity contribution in [1.82, 2.24) is 5.32 Å². The third-order valence-corrected chi connectivity index (χ3v) is 4.16. The van der Waals surface area contributed by atoms with E-state index < -0.39 is 4.92 Å². The van der Waals surface area contributed by atoms with E-state index >= 15 is 0 Å². The summed E-state index contributed by atoms with van der Waals surface area (Å²) in [5, 5.41) is 13.8. The average molecular weight is 291 g/mol. The fourth-order valence-electron chi connectivity index (χ4n) is 2.66. The van der Waals surface area contributed by atoms with Crippen LogP contribution in [0.1, 0.15) is 49.9 Å². The molecule has 1 aromatic carbocycles. The van der Waals surface area contributed by atoms with Gasteiger partial charge in [-0.2, -0.15) is 0 Å². The van der Waals surface area contributed by atoms with Crippen LogP contribution in [0.25, 0.3) is 0 Å². The second kappa shape index (κ2) is 5.71. The Hall–Kier alpha value is -2.11. The molecule has 1 fully saturated rings. The molecule has 0 radical (unpaired) electrons.